The molecule has 4 rings (SSSR count). The number of fused-ring (bicyclic) bond motifs is 5. The van der Waals surface area contributed by atoms with Gasteiger partial charge in [-0.15, -0.1) is 0 Å². The Kier molecular flexibility index (Phi) is 16.5. The quantitative estimate of drug-likeness (QED) is 0.272. The maximum atomic E-state index is 9.85. The fourth-order valence-electron chi connectivity index (χ4n) is 6.92. The summed E-state index contributed by atoms with van der Waals surface area (Å²) in [4.78, 5) is 4.40. The summed E-state index contributed by atoms with van der Waals surface area (Å²) in [7, 11) is 8.40. The molecule has 4 nitrogen and oxygen atoms in total. The number of aromatic hydroxyl groups is 1. The van der Waals surface area contributed by atoms with Crippen molar-refractivity contribution in [2.45, 2.75) is 98.8 Å². The lowest BCUT2D eigenvalue weighted by molar-refractivity contribution is 0.0802. The third-order valence-corrected chi connectivity index (χ3v) is 8.57. The van der Waals surface area contributed by atoms with E-state index >= 15 is 0 Å². The third-order valence-electron chi connectivity index (χ3n) is 8.57. The van der Waals surface area contributed by atoms with Crippen molar-refractivity contribution in [3.05, 3.63) is 41.0 Å². The average molecular weight is 531 g/mol. The summed E-state index contributed by atoms with van der Waals surface area (Å²) in [6.07, 6.45) is 12.4. The van der Waals surface area contributed by atoms with Crippen LogP contribution in [0.5, 0.6) is 5.75 Å². The van der Waals surface area contributed by atoms with E-state index in [1.807, 2.05) is 39.8 Å². The standard InChI is InChI=1S/C25H37NO2.C5H13N.2C2H6/c1-25-13-11-22-21-9-7-20(27)17-18(21)5-8-23(22)24(25)10-6-19(25)12-16-28-15-4-14-26(2)3;1-4-5-6(2)3;2*1-2/h7,9,12,17,22-24,27H,4-6,8,10-11,13-16H2,1-3H3;4-5H2,1-3H3;2*1-2H3/b19-12+;;;. The van der Waals surface area contributed by atoms with Gasteiger partial charge in [0.15, 0.2) is 0 Å². The summed E-state index contributed by atoms with van der Waals surface area (Å²) in [5.41, 5.74) is 4.96. The molecule has 1 aromatic carbocycles. The van der Waals surface area contributed by atoms with Crippen molar-refractivity contribution < 1.29 is 9.84 Å². The molecule has 3 aliphatic rings. The van der Waals surface area contributed by atoms with Crippen molar-refractivity contribution in [2.24, 2.45) is 17.3 Å². The minimum Gasteiger partial charge on any atom is -0.508 e. The fourth-order valence-corrected chi connectivity index (χ4v) is 6.92. The van der Waals surface area contributed by atoms with Crippen LogP contribution < -0.4 is 0 Å². The van der Waals surface area contributed by atoms with E-state index in [0.717, 1.165) is 44.4 Å². The van der Waals surface area contributed by atoms with Crippen molar-refractivity contribution in [2.75, 3.05) is 54.5 Å². The number of hydrogen-bond donors (Lipinski definition) is 1. The first kappa shape index (κ1) is 34.7. The van der Waals surface area contributed by atoms with Gasteiger partial charge in [0.1, 0.15) is 5.75 Å². The van der Waals surface area contributed by atoms with E-state index in [4.69, 9.17) is 4.74 Å². The van der Waals surface area contributed by atoms with Crippen LogP contribution in [0.15, 0.2) is 29.8 Å². The molecule has 38 heavy (non-hydrogen) atoms. The van der Waals surface area contributed by atoms with E-state index in [2.05, 4.69) is 64.0 Å². The van der Waals surface area contributed by atoms with Crippen LogP contribution >= 0.6 is 0 Å². The molecule has 2 saturated carbocycles. The highest BCUT2D eigenvalue weighted by Crippen LogP contribution is 2.62. The molecule has 0 aliphatic heterocycles. The fraction of sp³-hybridized carbons (Fsp3) is 0.765. The van der Waals surface area contributed by atoms with Crippen LogP contribution in [-0.4, -0.2) is 69.4 Å². The van der Waals surface area contributed by atoms with E-state index in [-0.39, 0.29) is 0 Å². The Morgan fingerprint density at radius 1 is 0.974 bits per heavy atom. The minimum atomic E-state index is 0.378. The lowest BCUT2D eigenvalue weighted by Crippen LogP contribution is -2.40. The number of phenolic OH excluding ortho intramolecular Hbond substituents is 1. The highest BCUT2D eigenvalue weighted by molar-refractivity contribution is 5.40. The van der Waals surface area contributed by atoms with E-state index < -0.39 is 0 Å². The highest BCUT2D eigenvalue weighted by atomic mass is 16.5. The molecule has 0 amide bonds. The van der Waals surface area contributed by atoms with Gasteiger partial charge in [-0.05, 0) is 139 Å². The van der Waals surface area contributed by atoms with Gasteiger partial charge < -0.3 is 19.6 Å². The Balaban J connectivity index is 0.000000629. The number of phenols is 1. The number of hydrogen-bond acceptors (Lipinski definition) is 4. The molecule has 0 spiro atoms. The van der Waals surface area contributed by atoms with Crippen molar-refractivity contribution in [1.29, 1.82) is 0 Å². The zero-order valence-corrected chi connectivity index (χ0v) is 26.8. The molecule has 0 bridgehead atoms. The van der Waals surface area contributed by atoms with Crippen LogP contribution in [0.3, 0.4) is 0 Å². The molecule has 0 aromatic heterocycles. The van der Waals surface area contributed by atoms with Gasteiger partial charge in [-0.25, -0.2) is 0 Å². The lowest BCUT2D eigenvalue weighted by atomic mass is 9.55. The number of nitrogens with zero attached hydrogens (tertiary/aromatic N) is 2. The highest BCUT2D eigenvalue weighted by Gasteiger charge is 2.52. The van der Waals surface area contributed by atoms with Crippen molar-refractivity contribution in [1.82, 2.24) is 9.80 Å². The van der Waals surface area contributed by atoms with E-state index in [1.54, 1.807) is 5.57 Å². The Labute approximate surface area is 236 Å². The predicted molar refractivity (Wildman–Crippen MR) is 166 cm³/mol. The summed E-state index contributed by atoms with van der Waals surface area (Å²) in [6.45, 7) is 16.7. The number of rotatable bonds is 8. The van der Waals surface area contributed by atoms with Gasteiger partial charge in [-0.2, -0.15) is 0 Å². The Hall–Kier alpha value is -1.36. The molecule has 0 radical (unpaired) electrons. The maximum absolute atomic E-state index is 9.85. The Morgan fingerprint density at radius 2 is 1.66 bits per heavy atom. The molecule has 4 heteroatoms. The first-order valence-electron chi connectivity index (χ1n) is 15.6. The molecule has 0 saturated heterocycles. The van der Waals surface area contributed by atoms with Crippen LogP contribution in [0, 0.1) is 17.3 Å². The topological polar surface area (TPSA) is 35.9 Å². The molecule has 0 heterocycles. The summed E-state index contributed by atoms with van der Waals surface area (Å²) >= 11 is 0. The zero-order chi connectivity index (χ0) is 28.7. The SMILES string of the molecule is CC.CC.CCCN(C)C.CN(C)CCCOC/C=C1\CCC2C3CCc4cc(O)ccc4C3CCC12C. The van der Waals surface area contributed by atoms with Crippen LogP contribution in [0.4, 0.5) is 0 Å². The molecule has 1 aromatic rings. The summed E-state index contributed by atoms with van der Waals surface area (Å²) < 4.78 is 5.91. The summed E-state index contributed by atoms with van der Waals surface area (Å²) in [6, 6.07) is 6.10. The average Bonchev–Trinajstić information content (AvgIpc) is 3.24. The van der Waals surface area contributed by atoms with Gasteiger partial charge in [0.2, 0.25) is 0 Å². The second-order valence-corrected chi connectivity index (χ2v) is 11.6. The normalized spacial score (nSPS) is 26.2. The van der Waals surface area contributed by atoms with Gasteiger partial charge in [-0.1, -0.05) is 59.3 Å². The lowest BCUT2D eigenvalue weighted by Gasteiger charge is -2.49. The van der Waals surface area contributed by atoms with Crippen LogP contribution in [0.1, 0.15) is 104 Å². The smallest absolute Gasteiger partial charge is 0.115 e. The molecule has 1 N–H and O–H groups in total. The van der Waals surface area contributed by atoms with E-state index in [1.165, 1.54) is 56.2 Å². The second-order valence-electron chi connectivity index (χ2n) is 11.6. The van der Waals surface area contributed by atoms with Crippen molar-refractivity contribution in [3.63, 3.8) is 0 Å². The van der Waals surface area contributed by atoms with Gasteiger partial charge in [0.25, 0.3) is 0 Å². The van der Waals surface area contributed by atoms with Crippen LogP contribution in [0.2, 0.25) is 0 Å². The molecule has 3 aliphatic carbocycles. The van der Waals surface area contributed by atoms with Gasteiger partial charge >= 0.3 is 0 Å². The van der Waals surface area contributed by atoms with Crippen LogP contribution in [-0.2, 0) is 11.2 Å². The Bertz CT molecular complexity index is 804. The van der Waals surface area contributed by atoms with Crippen LogP contribution in [0.25, 0.3) is 0 Å². The number of ether oxygens (including phenoxy) is 1. The molecular formula is C34H62N2O2. The largest absolute Gasteiger partial charge is 0.508 e. The number of aryl methyl sites for hydroxylation is 1. The monoisotopic (exact) mass is 530 g/mol. The second kappa shape index (κ2) is 18.1. The zero-order valence-electron chi connectivity index (χ0n) is 26.8. The number of allylic oxidation sites excluding steroid dienone is 1. The van der Waals surface area contributed by atoms with E-state index in [0.29, 0.717) is 17.1 Å². The summed E-state index contributed by atoms with van der Waals surface area (Å²) in [5, 5.41) is 9.85. The summed E-state index contributed by atoms with van der Waals surface area (Å²) in [5.74, 6) is 2.74. The molecule has 4 unspecified atom stereocenters. The number of benzene rings is 1. The third kappa shape index (κ3) is 9.68. The Morgan fingerprint density at radius 3 is 2.26 bits per heavy atom. The first-order valence-corrected chi connectivity index (χ1v) is 15.6. The molecular weight excluding hydrogens is 468 g/mol. The first-order chi connectivity index (χ1) is 18.3. The molecule has 4 atom stereocenters. The van der Waals surface area contributed by atoms with Gasteiger partial charge in [0, 0.05) is 6.61 Å². The van der Waals surface area contributed by atoms with Gasteiger partial charge in [0.05, 0.1) is 6.61 Å². The predicted octanol–water partition coefficient (Wildman–Crippen LogP) is 8.15. The molecule has 220 valence electrons. The van der Waals surface area contributed by atoms with Crippen molar-refractivity contribution in [3.8, 4) is 5.75 Å². The van der Waals surface area contributed by atoms with E-state index in [9.17, 15) is 5.11 Å². The minimum absolute atomic E-state index is 0.378. The maximum Gasteiger partial charge on any atom is 0.115 e. The van der Waals surface area contributed by atoms with Crippen molar-refractivity contribution >= 4 is 0 Å². The molecule has 2 fully saturated rings. The van der Waals surface area contributed by atoms with Gasteiger partial charge in [-0.3, -0.25) is 0 Å².